The van der Waals surface area contributed by atoms with Crippen molar-refractivity contribution in [3.63, 3.8) is 0 Å². The molecule has 1 fully saturated rings. The van der Waals surface area contributed by atoms with Gasteiger partial charge in [-0.2, -0.15) is 0 Å². The molecule has 1 saturated heterocycles. The minimum absolute atomic E-state index is 0.0802. The second kappa shape index (κ2) is 6.23. The van der Waals surface area contributed by atoms with E-state index in [9.17, 15) is 4.79 Å². The molecule has 3 nitrogen and oxygen atoms in total. The maximum Gasteiger partial charge on any atom is 0.265 e. The highest BCUT2D eigenvalue weighted by Crippen LogP contribution is 2.26. The van der Waals surface area contributed by atoms with Gasteiger partial charge in [-0.05, 0) is 37.1 Å². The minimum Gasteiger partial charge on any atom is -0.384 e. The highest BCUT2D eigenvalue weighted by atomic mass is 32.1. The predicted molar refractivity (Wildman–Crippen MR) is 77.2 cm³/mol. The van der Waals surface area contributed by atoms with Gasteiger partial charge in [-0.25, -0.2) is 0 Å². The van der Waals surface area contributed by atoms with Gasteiger partial charge in [0.25, 0.3) is 5.91 Å². The van der Waals surface area contributed by atoms with Gasteiger partial charge in [0, 0.05) is 18.2 Å². The summed E-state index contributed by atoms with van der Waals surface area (Å²) in [5.74, 6) is 6.23. The summed E-state index contributed by atoms with van der Waals surface area (Å²) in [6.07, 6.45) is 2.13. The van der Waals surface area contributed by atoms with Gasteiger partial charge in [-0.15, -0.1) is 11.3 Å². The maximum absolute atomic E-state index is 12.6. The molecule has 1 aromatic rings. The van der Waals surface area contributed by atoms with Crippen LogP contribution < -0.4 is 0 Å². The highest BCUT2D eigenvalue weighted by molar-refractivity contribution is 7.12. The summed E-state index contributed by atoms with van der Waals surface area (Å²) < 4.78 is 0. The Morgan fingerprint density at radius 2 is 2.37 bits per heavy atom. The molecule has 1 aliphatic heterocycles. The zero-order chi connectivity index (χ0) is 13.8. The van der Waals surface area contributed by atoms with Gasteiger partial charge in [-0.1, -0.05) is 18.8 Å². The van der Waals surface area contributed by atoms with E-state index in [4.69, 9.17) is 5.11 Å². The van der Waals surface area contributed by atoms with Crippen LogP contribution in [-0.2, 0) is 0 Å². The molecular weight excluding hydrogens is 258 g/mol. The number of aliphatic hydroxyl groups excluding tert-OH is 1. The fourth-order valence-corrected chi connectivity index (χ4v) is 3.35. The largest absolute Gasteiger partial charge is 0.384 e. The van der Waals surface area contributed by atoms with Crippen molar-refractivity contribution in [1.82, 2.24) is 4.90 Å². The van der Waals surface area contributed by atoms with Gasteiger partial charge < -0.3 is 10.0 Å². The molecule has 1 amide bonds. The molecule has 0 aliphatic carbocycles. The van der Waals surface area contributed by atoms with Crippen LogP contribution in [0.3, 0.4) is 0 Å². The third-order valence-electron chi connectivity index (χ3n) is 3.56. The van der Waals surface area contributed by atoms with Crippen LogP contribution in [0.15, 0.2) is 11.4 Å². The van der Waals surface area contributed by atoms with E-state index in [2.05, 4.69) is 25.7 Å². The molecule has 1 aliphatic rings. The number of hydrogen-bond donors (Lipinski definition) is 1. The molecule has 1 aromatic heterocycles. The molecule has 1 N–H and O–H groups in total. The molecule has 0 aromatic carbocycles. The molecule has 0 bridgehead atoms. The zero-order valence-electron chi connectivity index (χ0n) is 11.3. The maximum atomic E-state index is 12.6. The molecule has 19 heavy (non-hydrogen) atoms. The molecule has 0 saturated carbocycles. The average Bonchev–Trinajstić information content (AvgIpc) is 2.83. The first-order valence-electron chi connectivity index (χ1n) is 6.61. The first-order valence-corrected chi connectivity index (χ1v) is 7.49. The summed E-state index contributed by atoms with van der Waals surface area (Å²) in [6.45, 7) is 4.99. The first-order chi connectivity index (χ1) is 9.13. The number of carbonyl (C=O) groups excluding carboxylic acids is 1. The lowest BCUT2D eigenvalue weighted by molar-refractivity contribution is 0.0593. The van der Waals surface area contributed by atoms with Crippen molar-refractivity contribution in [2.24, 2.45) is 5.92 Å². The Hall–Kier alpha value is -1.31. The van der Waals surface area contributed by atoms with Crippen LogP contribution in [-0.4, -0.2) is 35.1 Å². The number of nitrogens with zero attached hydrogens (tertiary/aromatic N) is 1. The summed E-state index contributed by atoms with van der Waals surface area (Å²) in [6, 6.07) is 2.13. The van der Waals surface area contributed by atoms with Gasteiger partial charge in [0.05, 0.1) is 0 Å². The van der Waals surface area contributed by atoms with Crippen LogP contribution in [0.4, 0.5) is 0 Å². The van der Waals surface area contributed by atoms with Crippen LogP contribution in [0.25, 0.3) is 0 Å². The van der Waals surface area contributed by atoms with Gasteiger partial charge in [-0.3, -0.25) is 4.79 Å². The smallest absolute Gasteiger partial charge is 0.265 e. The third-order valence-corrected chi connectivity index (χ3v) is 4.46. The summed E-state index contributed by atoms with van der Waals surface area (Å²) in [5.41, 5.74) is 0.731. The fraction of sp³-hybridized carbons (Fsp3) is 0.533. The molecule has 2 rings (SSSR count). The Morgan fingerprint density at radius 3 is 3.05 bits per heavy atom. The molecule has 4 heteroatoms. The van der Waals surface area contributed by atoms with Crippen molar-refractivity contribution in [2.75, 3.05) is 13.2 Å². The van der Waals surface area contributed by atoms with Crippen molar-refractivity contribution in [3.05, 3.63) is 21.9 Å². The lowest BCUT2D eigenvalue weighted by atomic mass is 9.93. The normalized spacial score (nSPS) is 22.8. The summed E-state index contributed by atoms with van der Waals surface area (Å²) >= 11 is 1.43. The van der Waals surface area contributed by atoms with Gasteiger partial charge in [0.1, 0.15) is 11.5 Å². The number of rotatable bonds is 1. The van der Waals surface area contributed by atoms with Crippen LogP contribution in [0.5, 0.6) is 0 Å². The van der Waals surface area contributed by atoms with Crippen LogP contribution in [0, 0.1) is 17.8 Å². The van der Waals surface area contributed by atoms with Crippen molar-refractivity contribution in [3.8, 4) is 11.8 Å². The minimum atomic E-state index is -0.179. The van der Waals surface area contributed by atoms with Crippen LogP contribution >= 0.6 is 11.3 Å². The number of aliphatic hydroxyl groups is 1. The topological polar surface area (TPSA) is 40.5 Å². The number of piperidine rings is 1. The van der Waals surface area contributed by atoms with Gasteiger partial charge >= 0.3 is 0 Å². The van der Waals surface area contributed by atoms with Gasteiger partial charge in [0.2, 0.25) is 0 Å². The molecule has 102 valence electrons. The second-order valence-corrected chi connectivity index (χ2v) is 6.02. The second-order valence-electron chi connectivity index (χ2n) is 5.10. The van der Waals surface area contributed by atoms with Gasteiger partial charge in [0.15, 0.2) is 0 Å². The Bertz CT molecular complexity index is 512. The standard InChI is InChI=1S/C15H19NO2S/c1-11-5-7-16(12(2)10-11)15(18)14-13(4-3-8-17)6-9-19-14/h6,9,11-12,17H,5,7-8,10H2,1-2H3. The predicted octanol–water partition coefficient (Wildman–Crippen LogP) is 2.35. The van der Waals surface area contributed by atoms with E-state index < -0.39 is 0 Å². The van der Waals surface area contributed by atoms with E-state index in [0.717, 1.165) is 24.9 Å². The van der Waals surface area contributed by atoms with Crippen molar-refractivity contribution in [1.29, 1.82) is 0 Å². The van der Waals surface area contributed by atoms with Crippen LogP contribution in [0.2, 0.25) is 0 Å². The third kappa shape index (κ3) is 3.17. The van der Waals surface area contributed by atoms with Crippen LogP contribution in [0.1, 0.15) is 41.9 Å². The molecule has 0 radical (unpaired) electrons. The van der Waals surface area contributed by atoms with E-state index in [-0.39, 0.29) is 18.6 Å². The lowest BCUT2D eigenvalue weighted by Gasteiger charge is -2.36. The molecule has 2 atom stereocenters. The molecule has 2 unspecified atom stereocenters. The van der Waals surface area contributed by atoms with E-state index in [1.165, 1.54) is 11.3 Å². The Labute approximate surface area is 118 Å². The molecular formula is C15H19NO2S. The summed E-state index contributed by atoms with van der Waals surface area (Å²) in [7, 11) is 0. The van der Waals surface area contributed by atoms with E-state index in [1.54, 1.807) is 0 Å². The Kier molecular flexibility index (Phi) is 4.62. The number of thiophene rings is 1. The molecule has 2 heterocycles. The first kappa shape index (κ1) is 14.1. The Balaban J connectivity index is 2.18. The Morgan fingerprint density at radius 1 is 1.58 bits per heavy atom. The van der Waals surface area contributed by atoms with E-state index >= 15 is 0 Å². The number of carbonyl (C=O) groups is 1. The summed E-state index contributed by atoms with van der Waals surface area (Å²) in [5, 5.41) is 10.6. The van der Waals surface area contributed by atoms with Crippen molar-refractivity contribution >= 4 is 17.2 Å². The lowest BCUT2D eigenvalue weighted by Crippen LogP contribution is -2.44. The number of amides is 1. The summed E-state index contributed by atoms with van der Waals surface area (Å²) in [4.78, 5) is 15.2. The monoisotopic (exact) mass is 277 g/mol. The molecule has 0 spiro atoms. The van der Waals surface area contributed by atoms with Crippen molar-refractivity contribution in [2.45, 2.75) is 32.7 Å². The van der Waals surface area contributed by atoms with E-state index in [0.29, 0.717) is 10.8 Å². The SMILES string of the molecule is CC1CCN(C(=O)c2sccc2C#CCO)C(C)C1. The van der Waals surface area contributed by atoms with Crippen molar-refractivity contribution < 1.29 is 9.90 Å². The quantitative estimate of drug-likeness (QED) is 0.801. The fourth-order valence-electron chi connectivity index (χ4n) is 2.55. The number of hydrogen-bond acceptors (Lipinski definition) is 3. The highest BCUT2D eigenvalue weighted by Gasteiger charge is 2.28. The van der Waals surface area contributed by atoms with E-state index in [1.807, 2.05) is 16.3 Å². The average molecular weight is 277 g/mol. The zero-order valence-corrected chi connectivity index (χ0v) is 12.2. The number of likely N-dealkylation sites (tertiary alicyclic amines) is 1.